The minimum atomic E-state index is -0.488. The molecule has 0 aliphatic carbocycles. The van der Waals surface area contributed by atoms with Gasteiger partial charge in [-0.05, 0) is 36.6 Å². The van der Waals surface area contributed by atoms with Crippen molar-refractivity contribution in [2.45, 2.75) is 33.4 Å². The minimum Gasteiger partial charge on any atom is -0.337 e. The molecule has 1 rings (SSSR count). The average molecular weight is 303 g/mol. The first-order valence-electron chi connectivity index (χ1n) is 6.35. The Bertz CT molecular complexity index is 449. The van der Waals surface area contributed by atoms with Crippen molar-refractivity contribution >= 4 is 29.1 Å². The molecule has 0 aliphatic heterocycles. The van der Waals surface area contributed by atoms with Crippen molar-refractivity contribution < 1.29 is 4.79 Å². The number of nitrogens with two attached hydrogens (primary N) is 1. The summed E-state index contributed by atoms with van der Waals surface area (Å²) < 4.78 is 0. The molecule has 0 saturated carbocycles. The fourth-order valence-corrected chi connectivity index (χ4v) is 2.08. The molecule has 0 bridgehead atoms. The van der Waals surface area contributed by atoms with E-state index in [9.17, 15) is 4.79 Å². The smallest absolute Gasteiger partial charge is 0.240 e. The number of halogens is 2. The van der Waals surface area contributed by atoms with Crippen LogP contribution in [0.1, 0.15) is 26.3 Å². The lowest BCUT2D eigenvalue weighted by molar-refractivity contribution is -0.134. The van der Waals surface area contributed by atoms with E-state index < -0.39 is 6.04 Å². The number of benzene rings is 1. The molecule has 106 valence electrons. The van der Waals surface area contributed by atoms with E-state index in [1.54, 1.807) is 23.1 Å². The maximum atomic E-state index is 12.2. The van der Waals surface area contributed by atoms with Gasteiger partial charge in [0.2, 0.25) is 5.91 Å². The molecular formula is C14H20Cl2N2O. The van der Waals surface area contributed by atoms with Crippen molar-refractivity contribution in [3.63, 3.8) is 0 Å². The Morgan fingerprint density at radius 1 is 1.37 bits per heavy atom. The van der Waals surface area contributed by atoms with Gasteiger partial charge in [0.05, 0.1) is 6.04 Å². The van der Waals surface area contributed by atoms with E-state index >= 15 is 0 Å². The summed E-state index contributed by atoms with van der Waals surface area (Å²) in [5.74, 6) is 0.0462. The Hall–Kier alpha value is -0.770. The molecule has 0 fully saturated rings. The molecule has 3 nitrogen and oxygen atoms in total. The summed E-state index contributed by atoms with van der Waals surface area (Å²) in [5, 5.41) is 1.21. The summed E-state index contributed by atoms with van der Waals surface area (Å²) in [6.07, 6.45) is 0. The zero-order valence-corrected chi connectivity index (χ0v) is 13.0. The van der Waals surface area contributed by atoms with Crippen LogP contribution in [0.3, 0.4) is 0 Å². The predicted molar refractivity (Wildman–Crippen MR) is 80.4 cm³/mol. The third kappa shape index (κ3) is 4.37. The lowest BCUT2D eigenvalue weighted by Crippen LogP contribution is -2.46. The standard InChI is InChI=1S/C14H20Cl2N2O/c1-4-18(14(19)13(17)9(2)3)8-10-7-11(15)5-6-12(10)16/h5-7,9,13H,4,8,17H2,1-3H3/t13-/m0/s1. The Balaban J connectivity index is 2.87. The molecule has 1 amide bonds. The van der Waals surface area contributed by atoms with Gasteiger partial charge in [-0.1, -0.05) is 37.0 Å². The topological polar surface area (TPSA) is 46.3 Å². The van der Waals surface area contributed by atoms with Crippen LogP contribution in [0.4, 0.5) is 0 Å². The summed E-state index contributed by atoms with van der Waals surface area (Å²) in [6, 6.07) is 4.75. The van der Waals surface area contributed by atoms with Gasteiger partial charge in [-0.3, -0.25) is 4.79 Å². The number of nitrogens with zero attached hydrogens (tertiary/aromatic N) is 1. The van der Waals surface area contributed by atoms with E-state index in [-0.39, 0.29) is 11.8 Å². The van der Waals surface area contributed by atoms with Crippen LogP contribution in [0.25, 0.3) is 0 Å². The molecule has 0 aromatic heterocycles. The third-order valence-electron chi connectivity index (χ3n) is 3.07. The number of carbonyl (C=O) groups excluding carboxylic acids is 1. The molecule has 2 N–H and O–H groups in total. The maximum Gasteiger partial charge on any atom is 0.240 e. The minimum absolute atomic E-state index is 0.0615. The van der Waals surface area contributed by atoms with Crippen molar-refractivity contribution in [1.82, 2.24) is 4.90 Å². The van der Waals surface area contributed by atoms with Crippen LogP contribution in [0.2, 0.25) is 10.0 Å². The van der Waals surface area contributed by atoms with E-state index in [1.165, 1.54) is 0 Å². The monoisotopic (exact) mass is 302 g/mol. The number of carbonyl (C=O) groups is 1. The van der Waals surface area contributed by atoms with Crippen LogP contribution in [0.15, 0.2) is 18.2 Å². The van der Waals surface area contributed by atoms with Crippen molar-refractivity contribution in [2.75, 3.05) is 6.54 Å². The first-order chi connectivity index (χ1) is 8.86. The van der Waals surface area contributed by atoms with E-state index in [0.29, 0.717) is 23.1 Å². The van der Waals surface area contributed by atoms with Gasteiger partial charge in [-0.15, -0.1) is 0 Å². The van der Waals surface area contributed by atoms with Crippen LogP contribution < -0.4 is 5.73 Å². The second-order valence-corrected chi connectivity index (χ2v) is 5.70. The fourth-order valence-electron chi connectivity index (χ4n) is 1.71. The molecule has 19 heavy (non-hydrogen) atoms. The van der Waals surface area contributed by atoms with Crippen LogP contribution >= 0.6 is 23.2 Å². The largest absolute Gasteiger partial charge is 0.337 e. The zero-order valence-electron chi connectivity index (χ0n) is 11.5. The van der Waals surface area contributed by atoms with Gasteiger partial charge in [-0.25, -0.2) is 0 Å². The van der Waals surface area contributed by atoms with E-state index in [2.05, 4.69) is 0 Å². The van der Waals surface area contributed by atoms with Crippen LogP contribution in [-0.4, -0.2) is 23.4 Å². The van der Waals surface area contributed by atoms with Crippen LogP contribution in [-0.2, 0) is 11.3 Å². The molecule has 0 saturated heterocycles. The number of hydrogen-bond donors (Lipinski definition) is 1. The molecule has 0 spiro atoms. The molecule has 1 aromatic carbocycles. The highest BCUT2D eigenvalue weighted by atomic mass is 35.5. The number of rotatable bonds is 5. The molecule has 1 atom stereocenters. The number of hydrogen-bond acceptors (Lipinski definition) is 2. The lowest BCUT2D eigenvalue weighted by Gasteiger charge is -2.26. The summed E-state index contributed by atoms with van der Waals surface area (Å²) in [4.78, 5) is 13.9. The molecule has 0 heterocycles. The first kappa shape index (κ1) is 16.3. The summed E-state index contributed by atoms with van der Waals surface area (Å²) >= 11 is 12.1. The summed E-state index contributed by atoms with van der Waals surface area (Å²) in [5.41, 5.74) is 6.74. The van der Waals surface area contributed by atoms with E-state index in [0.717, 1.165) is 5.56 Å². The van der Waals surface area contributed by atoms with E-state index in [4.69, 9.17) is 28.9 Å². The Labute approximate surface area is 124 Å². The quantitative estimate of drug-likeness (QED) is 0.907. The second-order valence-electron chi connectivity index (χ2n) is 4.86. The van der Waals surface area contributed by atoms with E-state index in [1.807, 2.05) is 20.8 Å². The van der Waals surface area contributed by atoms with Gasteiger partial charge >= 0.3 is 0 Å². The molecule has 5 heteroatoms. The van der Waals surface area contributed by atoms with Crippen molar-refractivity contribution in [3.05, 3.63) is 33.8 Å². The van der Waals surface area contributed by atoms with Gasteiger partial charge in [0.15, 0.2) is 0 Å². The Morgan fingerprint density at radius 3 is 2.53 bits per heavy atom. The molecule has 0 unspecified atom stereocenters. The highest BCUT2D eigenvalue weighted by Gasteiger charge is 2.23. The SMILES string of the molecule is CCN(Cc1cc(Cl)ccc1Cl)C(=O)[C@@H](N)C(C)C. The van der Waals surface area contributed by atoms with Crippen LogP contribution in [0, 0.1) is 5.92 Å². The fraction of sp³-hybridized carbons (Fsp3) is 0.500. The van der Waals surface area contributed by atoms with Gasteiger partial charge in [0.1, 0.15) is 0 Å². The zero-order chi connectivity index (χ0) is 14.6. The first-order valence-corrected chi connectivity index (χ1v) is 7.10. The summed E-state index contributed by atoms with van der Waals surface area (Å²) in [6.45, 7) is 6.80. The lowest BCUT2D eigenvalue weighted by atomic mass is 10.0. The second kappa shape index (κ2) is 7.13. The maximum absolute atomic E-state index is 12.2. The highest BCUT2D eigenvalue weighted by molar-refractivity contribution is 6.33. The molecule has 0 aliphatic rings. The van der Waals surface area contributed by atoms with Crippen molar-refractivity contribution in [1.29, 1.82) is 0 Å². The van der Waals surface area contributed by atoms with Gasteiger partial charge in [0, 0.05) is 23.1 Å². The normalized spacial score (nSPS) is 12.6. The number of likely N-dealkylation sites (N-methyl/N-ethyl adjacent to an activating group) is 1. The van der Waals surface area contributed by atoms with Gasteiger partial charge in [-0.2, -0.15) is 0 Å². The number of amides is 1. The average Bonchev–Trinajstić information content (AvgIpc) is 2.37. The third-order valence-corrected chi connectivity index (χ3v) is 3.67. The van der Waals surface area contributed by atoms with Gasteiger partial charge in [0.25, 0.3) is 0 Å². The molecule has 0 radical (unpaired) electrons. The highest BCUT2D eigenvalue weighted by Crippen LogP contribution is 2.22. The predicted octanol–water partition coefficient (Wildman–Crippen LogP) is 3.33. The van der Waals surface area contributed by atoms with Crippen molar-refractivity contribution in [2.24, 2.45) is 11.7 Å². The summed E-state index contributed by atoms with van der Waals surface area (Å²) in [7, 11) is 0. The molecular weight excluding hydrogens is 283 g/mol. The molecule has 1 aromatic rings. The van der Waals surface area contributed by atoms with Crippen molar-refractivity contribution in [3.8, 4) is 0 Å². The Morgan fingerprint density at radius 2 is 2.00 bits per heavy atom. The Kier molecular flexibility index (Phi) is 6.11. The van der Waals surface area contributed by atoms with Crippen LogP contribution in [0.5, 0.6) is 0 Å². The van der Waals surface area contributed by atoms with Gasteiger partial charge < -0.3 is 10.6 Å².